The Morgan fingerprint density at radius 1 is 1.26 bits per heavy atom. The normalized spacial score (nSPS) is 27.3. The van der Waals surface area contributed by atoms with Gasteiger partial charge in [-0.05, 0) is 57.9 Å². The van der Waals surface area contributed by atoms with Crippen molar-refractivity contribution in [1.29, 1.82) is 0 Å². The molecule has 0 aromatic rings. The fourth-order valence-electron chi connectivity index (χ4n) is 4.30. The molecule has 2 heteroatoms. The van der Waals surface area contributed by atoms with Crippen molar-refractivity contribution in [2.24, 2.45) is 11.8 Å². The van der Waals surface area contributed by atoms with Crippen molar-refractivity contribution < 1.29 is 0 Å². The molecule has 2 heterocycles. The van der Waals surface area contributed by atoms with Crippen LogP contribution < -0.4 is 0 Å². The van der Waals surface area contributed by atoms with Crippen molar-refractivity contribution in [3.63, 3.8) is 0 Å². The Bertz CT molecular complexity index is 567. The second-order valence-corrected chi connectivity index (χ2v) is 7.62. The van der Waals surface area contributed by atoms with Crippen LogP contribution >= 0.6 is 0 Å². The van der Waals surface area contributed by atoms with E-state index in [1.54, 1.807) is 0 Å². The molecule has 0 aromatic heterocycles. The molecule has 0 spiro atoms. The molecule has 0 aromatic carbocycles. The van der Waals surface area contributed by atoms with Crippen LogP contribution in [-0.2, 0) is 0 Å². The van der Waals surface area contributed by atoms with Gasteiger partial charge < -0.3 is 9.80 Å². The molecular formula is C25H42N2. The van der Waals surface area contributed by atoms with Gasteiger partial charge in [-0.2, -0.15) is 0 Å². The zero-order valence-corrected chi connectivity index (χ0v) is 18.7. The van der Waals surface area contributed by atoms with Gasteiger partial charge in [-0.1, -0.05) is 63.8 Å². The van der Waals surface area contributed by atoms with E-state index in [2.05, 4.69) is 75.0 Å². The van der Waals surface area contributed by atoms with E-state index in [0.717, 1.165) is 5.92 Å². The fourth-order valence-corrected chi connectivity index (χ4v) is 4.30. The van der Waals surface area contributed by atoms with Crippen LogP contribution in [0.4, 0.5) is 0 Å². The van der Waals surface area contributed by atoms with Crippen LogP contribution in [0.25, 0.3) is 0 Å². The molecular weight excluding hydrogens is 328 g/mol. The first-order valence-electron chi connectivity index (χ1n) is 10.8. The van der Waals surface area contributed by atoms with E-state index in [0.29, 0.717) is 12.0 Å². The Balaban J connectivity index is 0.00000176. The molecule has 0 radical (unpaired) electrons. The standard InChI is InChI=1S/C23H36N2.C2H6/c1-7-10-11-18(4)12-14-24-15-13-23-21(17-24)16-19(5)20(6)25(23)22(8-2)9-3;1-2/h7-11,19,21,23H,2,6,12-17H2,1,3-5H3;1-2H3/b10-7-,18-11+,22-9+;. The summed E-state index contributed by atoms with van der Waals surface area (Å²) < 4.78 is 0. The summed E-state index contributed by atoms with van der Waals surface area (Å²) in [6, 6.07) is 0.587. The van der Waals surface area contributed by atoms with Crippen molar-refractivity contribution in [3.8, 4) is 0 Å². The smallest absolute Gasteiger partial charge is 0.0391 e. The molecule has 2 aliphatic rings. The zero-order valence-electron chi connectivity index (χ0n) is 18.7. The van der Waals surface area contributed by atoms with Crippen molar-refractivity contribution in [2.45, 2.75) is 66.8 Å². The minimum Gasteiger partial charge on any atom is -0.342 e. The van der Waals surface area contributed by atoms with Crippen molar-refractivity contribution in [3.05, 3.63) is 60.5 Å². The number of hydrogen-bond donors (Lipinski definition) is 0. The summed E-state index contributed by atoms with van der Waals surface area (Å²) >= 11 is 0. The molecule has 3 atom stereocenters. The van der Waals surface area contributed by atoms with E-state index >= 15 is 0 Å². The third kappa shape index (κ3) is 6.24. The maximum Gasteiger partial charge on any atom is 0.0391 e. The third-order valence-electron chi connectivity index (χ3n) is 5.82. The summed E-state index contributed by atoms with van der Waals surface area (Å²) in [5, 5.41) is 0. The van der Waals surface area contributed by atoms with Gasteiger partial charge in [-0.25, -0.2) is 0 Å². The molecule has 0 aliphatic carbocycles. The maximum atomic E-state index is 4.40. The van der Waals surface area contributed by atoms with Gasteiger partial charge in [0.05, 0.1) is 0 Å². The number of hydrogen-bond acceptors (Lipinski definition) is 2. The van der Waals surface area contributed by atoms with E-state index in [9.17, 15) is 0 Å². The Labute approximate surface area is 169 Å². The van der Waals surface area contributed by atoms with Gasteiger partial charge in [0, 0.05) is 37.1 Å². The number of nitrogens with zero attached hydrogens (tertiary/aromatic N) is 2. The Kier molecular flexibility index (Phi) is 10.5. The number of rotatable bonds is 6. The number of piperidine rings is 2. The summed E-state index contributed by atoms with van der Waals surface area (Å²) in [4.78, 5) is 5.15. The first kappa shape index (κ1) is 23.5. The fraction of sp³-hybridized carbons (Fsp3) is 0.600. The van der Waals surface area contributed by atoms with Crippen molar-refractivity contribution in [1.82, 2.24) is 9.80 Å². The lowest BCUT2D eigenvalue weighted by Gasteiger charge is -2.51. The highest BCUT2D eigenvalue weighted by Gasteiger charge is 2.40. The largest absolute Gasteiger partial charge is 0.342 e. The van der Waals surface area contributed by atoms with Crippen LogP contribution in [0, 0.1) is 11.8 Å². The molecule has 2 rings (SSSR count). The lowest BCUT2D eigenvalue weighted by atomic mass is 9.78. The summed E-state index contributed by atoms with van der Waals surface area (Å²) in [5.74, 6) is 1.27. The van der Waals surface area contributed by atoms with Gasteiger partial charge in [-0.3, -0.25) is 0 Å². The number of allylic oxidation sites excluding steroid dienone is 6. The topological polar surface area (TPSA) is 6.48 Å². The van der Waals surface area contributed by atoms with Gasteiger partial charge >= 0.3 is 0 Å². The number of likely N-dealkylation sites (tertiary alicyclic amines) is 2. The zero-order chi connectivity index (χ0) is 20.4. The van der Waals surface area contributed by atoms with E-state index in [4.69, 9.17) is 0 Å². The highest BCUT2D eigenvalue weighted by atomic mass is 15.2. The van der Waals surface area contributed by atoms with Crippen LogP contribution in [0.15, 0.2) is 60.5 Å². The lowest BCUT2D eigenvalue weighted by Crippen LogP contribution is -2.54. The lowest BCUT2D eigenvalue weighted by molar-refractivity contribution is 0.0517. The molecule has 27 heavy (non-hydrogen) atoms. The van der Waals surface area contributed by atoms with Crippen molar-refractivity contribution >= 4 is 0 Å². The number of fused-ring (bicyclic) bond motifs is 1. The summed E-state index contributed by atoms with van der Waals surface area (Å²) in [7, 11) is 0. The summed E-state index contributed by atoms with van der Waals surface area (Å²) in [6.45, 7) is 24.7. The molecule has 0 saturated carbocycles. The SMILES string of the molecule is C=C/C(=C\C)N1C(=C)C(C)CC2CN(CC/C(C)=C/C=C\C)CCC21.CC. The van der Waals surface area contributed by atoms with Crippen LogP contribution in [0.2, 0.25) is 0 Å². The molecule has 2 nitrogen and oxygen atoms in total. The average molecular weight is 371 g/mol. The van der Waals surface area contributed by atoms with Gasteiger partial charge in [-0.15, -0.1) is 0 Å². The molecule has 0 amide bonds. The minimum absolute atomic E-state index is 0.549. The Morgan fingerprint density at radius 3 is 2.56 bits per heavy atom. The van der Waals surface area contributed by atoms with Crippen molar-refractivity contribution in [2.75, 3.05) is 19.6 Å². The van der Waals surface area contributed by atoms with E-state index in [1.165, 1.54) is 55.9 Å². The second-order valence-electron chi connectivity index (χ2n) is 7.62. The second kappa shape index (κ2) is 12.0. The highest BCUT2D eigenvalue weighted by Crippen LogP contribution is 2.40. The molecule has 3 unspecified atom stereocenters. The highest BCUT2D eigenvalue weighted by molar-refractivity contribution is 5.25. The van der Waals surface area contributed by atoms with Crippen LogP contribution in [-0.4, -0.2) is 35.5 Å². The molecule has 2 fully saturated rings. The molecule has 0 bridgehead atoms. The van der Waals surface area contributed by atoms with Gasteiger partial charge in [0.1, 0.15) is 0 Å². The molecule has 2 saturated heterocycles. The minimum atomic E-state index is 0.549. The quantitative estimate of drug-likeness (QED) is 0.488. The first-order chi connectivity index (χ1) is 13.0. The molecule has 152 valence electrons. The average Bonchev–Trinajstić information content (AvgIpc) is 2.69. The predicted molar refractivity (Wildman–Crippen MR) is 122 cm³/mol. The van der Waals surface area contributed by atoms with Crippen LogP contribution in [0.1, 0.15) is 60.8 Å². The maximum absolute atomic E-state index is 4.40. The summed E-state index contributed by atoms with van der Waals surface area (Å²) in [6.07, 6.45) is 14.3. The van der Waals surface area contributed by atoms with E-state index in [1.807, 2.05) is 19.9 Å². The third-order valence-corrected chi connectivity index (χ3v) is 5.82. The van der Waals surface area contributed by atoms with E-state index < -0.39 is 0 Å². The molecule has 2 aliphatic heterocycles. The first-order valence-corrected chi connectivity index (χ1v) is 10.8. The Hall–Kier alpha value is -1.54. The Morgan fingerprint density at radius 2 is 1.96 bits per heavy atom. The summed E-state index contributed by atoms with van der Waals surface area (Å²) in [5.41, 5.74) is 3.97. The van der Waals surface area contributed by atoms with Gasteiger partial charge in [0.15, 0.2) is 0 Å². The molecule has 0 N–H and O–H groups in total. The van der Waals surface area contributed by atoms with Gasteiger partial charge in [0.2, 0.25) is 0 Å². The predicted octanol–water partition coefficient (Wildman–Crippen LogP) is 6.56. The van der Waals surface area contributed by atoms with Crippen LogP contribution in [0.5, 0.6) is 0 Å². The van der Waals surface area contributed by atoms with Crippen LogP contribution in [0.3, 0.4) is 0 Å². The van der Waals surface area contributed by atoms with E-state index in [-0.39, 0.29) is 0 Å². The van der Waals surface area contributed by atoms with Gasteiger partial charge in [0.25, 0.3) is 0 Å². The monoisotopic (exact) mass is 370 g/mol.